The van der Waals surface area contributed by atoms with Gasteiger partial charge in [0.15, 0.2) is 4.67 Å². The topological polar surface area (TPSA) is 25.2 Å². The molecule has 0 aliphatic carbocycles. The molecule has 0 saturated heterocycles. The summed E-state index contributed by atoms with van der Waals surface area (Å²) in [5.74, 6) is 0.611. The third-order valence-corrected chi connectivity index (χ3v) is 3.00. The standard InChI is InChI=1S/C7H7Br2F2NO/c8-5-1-4(13-7(5)9)2-12-3-6(10)11/h1,6,12H,2-3H2. The van der Waals surface area contributed by atoms with Crippen molar-refractivity contribution in [2.24, 2.45) is 0 Å². The molecule has 0 unspecified atom stereocenters. The average molecular weight is 319 g/mol. The molecule has 0 amide bonds. The van der Waals surface area contributed by atoms with Crippen LogP contribution in [0.25, 0.3) is 0 Å². The lowest BCUT2D eigenvalue weighted by atomic mass is 10.4. The van der Waals surface area contributed by atoms with Gasteiger partial charge in [-0.15, -0.1) is 0 Å². The van der Waals surface area contributed by atoms with Gasteiger partial charge in [0.25, 0.3) is 6.43 Å². The molecule has 1 N–H and O–H groups in total. The molecule has 13 heavy (non-hydrogen) atoms. The molecule has 74 valence electrons. The molecule has 0 saturated carbocycles. The summed E-state index contributed by atoms with van der Waals surface area (Å²) in [5, 5.41) is 2.56. The molecule has 1 heterocycles. The first-order chi connectivity index (χ1) is 6.09. The summed E-state index contributed by atoms with van der Waals surface area (Å²) in [6, 6.07) is 1.72. The maximum Gasteiger partial charge on any atom is 0.250 e. The van der Waals surface area contributed by atoms with E-state index in [1.807, 2.05) is 0 Å². The van der Waals surface area contributed by atoms with E-state index in [4.69, 9.17) is 4.42 Å². The molecule has 0 aliphatic rings. The summed E-state index contributed by atoms with van der Waals surface area (Å²) in [7, 11) is 0. The first-order valence-corrected chi connectivity index (χ1v) is 5.10. The van der Waals surface area contributed by atoms with Gasteiger partial charge in [0, 0.05) is 0 Å². The molecule has 0 atom stereocenters. The van der Waals surface area contributed by atoms with E-state index >= 15 is 0 Å². The number of alkyl halides is 2. The molecule has 0 bridgehead atoms. The van der Waals surface area contributed by atoms with Gasteiger partial charge < -0.3 is 9.73 Å². The predicted molar refractivity (Wildman–Crippen MR) is 51.8 cm³/mol. The van der Waals surface area contributed by atoms with Gasteiger partial charge in [-0.3, -0.25) is 0 Å². The quantitative estimate of drug-likeness (QED) is 0.922. The maximum absolute atomic E-state index is 11.7. The van der Waals surface area contributed by atoms with E-state index < -0.39 is 6.43 Å². The van der Waals surface area contributed by atoms with E-state index in [-0.39, 0.29) is 6.54 Å². The average Bonchev–Trinajstić information content (AvgIpc) is 2.30. The second-order valence-electron chi connectivity index (χ2n) is 2.36. The molecule has 0 fully saturated rings. The predicted octanol–water partition coefficient (Wildman–Crippen LogP) is 3.16. The Hall–Kier alpha value is 0.0600. The van der Waals surface area contributed by atoms with Crippen LogP contribution in [0.1, 0.15) is 5.76 Å². The van der Waals surface area contributed by atoms with Gasteiger partial charge in [-0.2, -0.15) is 0 Å². The molecule has 0 spiro atoms. The minimum Gasteiger partial charge on any atom is -0.452 e. The monoisotopic (exact) mass is 317 g/mol. The Labute approximate surface area is 90.9 Å². The fraction of sp³-hybridized carbons (Fsp3) is 0.429. The van der Waals surface area contributed by atoms with Crippen LogP contribution in [0.4, 0.5) is 8.78 Å². The highest BCUT2D eigenvalue weighted by atomic mass is 79.9. The number of hydrogen-bond acceptors (Lipinski definition) is 2. The zero-order chi connectivity index (χ0) is 9.84. The molecule has 0 aliphatic heterocycles. The van der Waals surface area contributed by atoms with Crippen LogP contribution in [0.3, 0.4) is 0 Å². The van der Waals surface area contributed by atoms with Crippen LogP contribution in [0.5, 0.6) is 0 Å². The SMILES string of the molecule is FC(F)CNCc1cc(Br)c(Br)o1. The highest BCUT2D eigenvalue weighted by molar-refractivity contribution is 9.13. The van der Waals surface area contributed by atoms with Gasteiger partial charge >= 0.3 is 0 Å². The lowest BCUT2D eigenvalue weighted by molar-refractivity contribution is 0.144. The number of furan rings is 1. The minimum absolute atomic E-state index is 0.300. The van der Waals surface area contributed by atoms with Gasteiger partial charge in [0.1, 0.15) is 5.76 Å². The van der Waals surface area contributed by atoms with Crippen molar-refractivity contribution in [3.63, 3.8) is 0 Å². The van der Waals surface area contributed by atoms with Crippen LogP contribution in [0.15, 0.2) is 19.6 Å². The molecule has 1 rings (SSSR count). The maximum atomic E-state index is 11.7. The number of halogens is 4. The minimum atomic E-state index is -2.33. The van der Waals surface area contributed by atoms with Crippen LogP contribution in [-0.4, -0.2) is 13.0 Å². The van der Waals surface area contributed by atoms with Crippen molar-refractivity contribution in [3.8, 4) is 0 Å². The summed E-state index contributed by atoms with van der Waals surface area (Å²) < 4.78 is 29.9. The van der Waals surface area contributed by atoms with Crippen LogP contribution in [0, 0.1) is 0 Å². The van der Waals surface area contributed by atoms with E-state index in [1.165, 1.54) is 0 Å². The lowest BCUT2D eigenvalue weighted by Gasteiger charge is -1.99. The van der Waals surface area contributed by atoms with Crippen molar-refractivity contribution in [2.45, 2.75) is 13.0 Å². The van der Waals surface area contributed by atoms with E-state index in [0.717, 1.165) is 4.47 Å². The fourth-order valence-corrected chi connectivity index (χ4v) is 1.44. The second kappa shape index (κ2) is 5.07. The summed E-state index contributed by atoms with van der Waals surface area (Å²) in [5.41, 5.74) is 0. The smallest absolute Gasteiger partial charge is 0.250 e. The molecule has 1 aromatic rings. The van der Waals surface area contributed by atoms with Crippen molar-refractivity contribution in [3.05, 3.63) is 21.0 Å². The van der Waals surface area contributed by atoms with Crippen LogP contribution >= 0.6 is 31.9 Å². The Kier molecular flexibility index (Phi) is 4.34. The van der Waals surface area contributed by atoms with Gasteiger partial charge in [-0.05, 0) is 37.9 Å². The zero-order valence-corrected chi connectivity index (χ0v) is 9.66. The molecule has 0 aromatic carbocycles. The number of hydrogen-bond donors (Lipinski definition) is 1. The van der Waals surface area contributed by atoms with Crippen molar-refractivity contribution in [1.82, 2.24) is 5.32 Å². The summed E-state index contributed by atoms with van der Waals surface area (Å²) in [6.45, 7) is -0.0233. The highest BCUT2D eigenvalue weighted by Crippen LogP contribution is 2.26. The van der Waals surface area contributed by atoms with E-state index in [2.05, 4.69) is 37.2 Å². The van der Waals surface area contributed by atoms with Crippen molar-refractivity contribution < 1.29 is 13.2 Å². The lowest BCUT2D eigenvalue weighted by Crippen LogP contribution is -2.20. The van der Waals surface area contributed by atoms with Crippen molar-refractivity contribution >= 4 is 31.9 Å². The van der Waals surface area contributed by atoms with E-state index in [9.17, 15) is 8.78 Å². The molecular weight excluding hydrogens is 312 g/mol. The van der Waals surface area contributed by atoms with E-state index in [0.29, 0.717) is 17.0 Å². The summed E-state index contributed by atoms with van der Waals surface area (Å²) in [6.07, 6.45) is -2.33. The van der Waals surface area contributed by atoms with Crippen LogP contribution < -0.4 is 5.32 Å². The van der Waals surface area contributed by atoms with Gasteiger partial charge in [-0.25, -0.2) is 8.78 Å². The summed E-state index contributed by atoms with van der Waals surface area (Å²) in [4.78, 5) is 0. The largest absolute Gasteiger partial charge is 0.452 e. The normalized spacial score (nSPS) is 11.2. The van der Waals surface area contributed by atoms with Gasteiger partial charge in [0.2, 0.25) is 0 Å². The summed E-state index contributed by atoms with van der Waals surface area (Å²) >= 11 is 6.37. The second-order valence-corrected chi connectivity index (χ2v) is 3.93. The third-order valence-electron chi connectivity index (χ3n) is 1.29. The van der Waals surface area contributed by atoms with Crippen molar-refractivity contribution in [1.29, 1.82) is 0 Å². The first kappa shape index (κ1) is 11.1. The Balaban J connectivity index is 2.37. The molecule has 0 radical (unpaired) electrons. The zero-order valence-electron chi connectivity index (χ0n) is 6.49. The number of nitrogens with one attached hydrogen (secondary N) is 1. The first-order valence-electron chi connectivity index (χ1n) is 3.52. The number of rotatable bonds is 4. The molecule has 2 nitrogen and oxygen atoms in total. The molecule has 1 aromatic heterocycles. The third kappa shape index (κ3) is 3.74. The highest BCUT2D eigenvalue weighted by Gasteiger charge is 2.06. The molecule has 6 heteroatoms. The molecular formula is C7H7Br2F2NO. The van der Waals surface area contributed by atoms with E-state index in [1.54, 1.807) is 6.07 Å². The Bertz CT molecular complexity index is 258. The van der Waals surface area contributed by atoms with Gasteiger partial charge in [-0.1, -0.05) is 0 Å². The van der Waals surface area contributed by atoms with Gasteiger partial charge in [0.05, 0.1) is 17.6 Å². The van der Waals surface area contributed by atoms with Crippen LogP contribution in [0.2, 0.25) is 0 Å². The van der Waals surface area contributed by atoms with Crippen molar-refractivity contribution in [2.75, 3.05) is 6.54 Å². The Morgan fingerprint density at radius 2 is 2.15 bits per heavy atom. The van der Waals surface area contributed by atoms with Crippen LogP contribution in [-0.2, 0) is 6.54 Å². The Morgan fingerprint density at radius 3 is 2.62 bits per heavy atom. The fourth-order valence-electron chi connectivity index (χ4n) is 0.783. The Morgan fingerprint density at radius 1 is 1.46 bits per heavy atom.